The quantitative estimate of drug-likeness (QED) is 0.857. The minimum Gasteiger partial charge on any atom is -0.497 e. The molecule has 0 heterocycles. The number of ether oxygens (including phenoxy) is 2. The molecular formula is C19H22ClNO3. The summed E-state index contributed by atoms with van der Waals surface area (Å²) >= 11 is 5.93. The summed E-state index contributed by atoms with van der Waals surface area (Å²) in [6, 6.07) is 12.8. The lowest BCUT2D eigenvalue weighted by atomic mass is 9.84. The largest absolute Gasteiger partial charge is 0.497 e. The zero-order valence-electron chi connectivity index (χ0n) is 14.4. The Kier molecular flexibility index (Phi) is 5.73. The lowest BCUT2D eigenvalue weighted by molar-refractivity contribution is 0.0945. The Labute approximate surface area is 147 Å². The first-order chi connectivity index (χ1) is 11.4. The van der Waals surface area contributed by atoms with Crippen molar-refractivity contribution in [1.29, 1.82) is 0 Å². The molecule has 4 nitrogen and oxygen atoms in total. The van der Waals surface area contributed by atoms with Crippen LogP contribution in [0.3, 0.4) is 0 Å². The number of hydrogen-bond acceptors (Lipinski definition) is 3. The maximum absolute atomic E-state index is 12.5. The molecule has 0 radical (unpaired) electrons. The second-order valence-electron chi connectivity index (χ2n) is 6.17. The van der Waals surface area contributed by atoms with Gasteiger partial charge in [0.05, 0.1) is 14.2 Å². The van der Waals surface area contributed by atoms with Crippen LogP contribution < -0.4 is 14.8 Å². The van der Waals surface area contributed by atoms with E-state index in [0.29, 0.717) is 28.6 Å². The molecule has 1 N–H and O–H groups in total. The molecule has 0 unspecified atom stereocenters. The van der Waals surface area contributed by atoms with Crippen LogP contribution in [0.4, 0.5) is 0 Å². The first-order valence-corrected chi connectivity index (χ1v) is 8.01. The zero-order chi connectivity index (χ0) is 17.7. The van der Waals surface area contributed by atoms with Gasteiger partial charge in [0.2, 0.25) is 0 Å². The van der Waals surface area contributed by atoms with Gasteiger partial charge in [0.15, 0.2) is 0 Å². The number of halogens is 1. The fraction of sp³-hybridized carbons (Fsp3) is 0.316. The Morgan fingerprint density at radius 3 is 2.08 bits per heavy atom. The summed E-state index contributed by atoms with van der Waals surface area (Å²) in [6.07, 6.45) is 0. The normalized spacial score (nSPS) is 11.0. The van der Waals surface area contributed by atoms with Crippen molar-refractivity contribution < 1.29 is 14.3 Å². The van der Waals surface area contributed by atoms with Gasteiger partial charge in [-0.3, -0.25) is 4.79 Å². The minimum atomic E-state index is -0.219. The Morgan fingerprint density at radius 2 is 1.58 bits per heavy atom. The number of hydrogen-bond donors (Lipinski definition) is 1. The van der Waals surface area contributed by atoms with Gasteiger partial charge in [-0.15, -0.1) is 0 Å². The predicted molar refractivity (Wildman–Crippen MR) is 96.4 cm³/mol. The summed E-state index contributed by atoms with van der Waals surface area (Å²) < 4.78 is 10.4. The lowest BCUT2D eigenvalue weighted by Gasteiger charge is -2.26. The Morgan fingerprint density at radius 1 is 1.04 bits per heavy atom. The number of methoxy groups -OCH3 is 2. The fourth-order valence-electron chi connectivity index (χ4n) is 2.34. The molecule has 2 aromatic rings. The summed E-state index contributed by atoms with van der Waals surface area (Å²) in [5.41, 5.74) is 1.39. The summed E-state index contributed by atoms with van der Waals surface area (Å²) in [5, 5.41) is 3.67. The number of rotatable bonds is 6. The Hall–Kier alpha value is -2.20. The molecule has 0 aromatic heterocycles. The summed E-state index contributed by atoms with van der Waals surface area (Å²) in [4.78, 5) is 12.5. The van der Waals surface area contributed by atoms with Gasteiger partial charge in [0, 0.05) is 28.6 Å². The van der Waals surface area contributed by atoms with Crippen LogP contribution in [0.5, 0.6) is 11.5 Å². The first-order valence-electron chi connectivity index (χ1n) is 7.63. The van der Waals surface area contributed by atoms with E-state index in [0.717, 1.165) is 5.56 Å². The molecule has 2 rings (SSSR count). The van der Waals surface area contributed by atoms with Crippen molar-refractivity contribution in [2.24, 2.45) is 0 Å². The highest BCUT2D eigenvalue weighted by Crippen LogP contribution is 2.25. The molecule has 0 bridgehead atoms. The van der Waals surface area contributed by atoms with E-state index < -0.39 is 0 Å². The van der Waals surface area contributed by atoms with E-state index in [4.69, 9.17) is 21.1 Å². The predicted octanol–water partition coefficient (Wildman–Crippen LogP) is 4.06. The SMILES string of the molecule is COc1cc(OC)cc(C(=O)NCC(C)(C)c2ccc(Cl)cc2)c1. The second kappa shape index (κ2) is 7.58. The van der Waals surface area contributed by atoms with Crippen LogP contribution in [-0.4, -0.2) is 26.7 Å². The van der Waals surface area contributed by atoms with E-state index in [2.05, 4.69) is 19.2 Å². The highest BCUT2D eigenvalue weighted by Gasteiger charge is 2.22. The molecule has 128 valence electrons. The monoisotopic (exact) mass is 347 g/mol. The van der Waals surface area contributed by atoms with Crippen LogP contribution in [0.2, 0.25) is 5.02 Å². The molecule has 1 amide bonds. The first kappa shape index (κ1) is 18.1. The van der Waals surface area contributed by atoms with Crippen LogP contribution in [0.1, 0.15) is 29.8 Å². The minimum absolute atomic E-state index is 0.172. The van der Waals surface area contributed by atoms with Crippen molar-refractivity contribution in [2.75, 3.05) is 20.8 Å². The summed E-state index contributed by atoms with van der Waals surface area (Å²) in [7, 11) is 3.11. The molecule has 0 saturated heterocycles. The van der Waals surface area contributed by atoms with Crippen LogP contribution in [0, 0.1) is 0 Å². The van der Waals surface area contributed by atoms with Crippen molar-refractivity contribution in [3.63, 3.8) is 0 Å². The Balaban J connectivity index is 2.11. The highest BCUT2D eigenvalue weighted by molar-refractivity contribution is 6.30. The smallest absolute Gasteiger partial charge is 0.251 e. The van der Waals surface area contributed by atoms with Gasteiger partial charge in [-0.05, 0) is 29.8 Å². The molecule has 5 heteroatoms. The van der Waals surface area contributed by atoms with Crippen molar-refractivity contribution in [3.05, 3.63) is 58.6 Å². The molecule has 0 spiro atoms. The second-order valence-corrected chi connectivity index (χ2v) is 6.61. The van der Waals surface area contributed by atoms with Gasteiger partial charge in [0.1, 0.15) is 11.5 Å². The maximum atomic E-state index is 12.5. The van der Waals surface area contributed by atoms with Crippen LogP contribution in [-0.2, 0) is 5.41 Å². The zero-order valence-corrected chi connectivity index (χ0v) is 15.1. The molecular weight excluding hydrogens is 326 g/mol. The molecule has 2 aromatic carbocycles. The number of carbonyl (C=O) groups excluding carboxylic acids is 1. The van der Waals surface area contributed by atoms with Gasteiger partial charge < -0.3 is 14.8 Å². The van der Waals surface area contributed by atoms with E-state index in [1.165, 1.54) is 0 Å². The van der Waals surface area contributed by atoms with Gasteiger partial charge in [-0.2, -0.15) is 0 Å². The molecule has 0 aliphatic heterocycles. The van der Waals surface area contributed by atoms with Crippen LogP contribution in [0.25, 0.3) is 0 Å². The molecule has 24 heavy (non-hydrogen) atoms. The standard InChI is InChI=1S/C19H22ClNO3/c1-19(2,14-5-7-15(20)8-6-14)12-21-18(22)13-9-16(23-3)11-17(10-13)24-4/h5-11H,12H2,1-4H3,(H,21,22). The van der Waals surface area contributed by atoms with Crippen molar-refractivity contribution in [2.45, 2.75) is 19.3 Å². The van der Waals surface area contributed by atoms with E-state index in [1.54, 1.807) is 32.4 Å². The Bertz CT molecular complexity index is 689. The van der Waals surface area contributed by atoms with Gasteiger partial charge >= 0.3 is 0 Å². The number of amides is 1. The van der Waals surface area contributed by atoms with E-state index >= 15 is 0 Å². The van der Waals surface area contributed by atoms with E-state index in [-0.39, 0.29) is 11.3 Å². The number of nitrogens with one attached hydrogen (secondary N) is 1. The number of carbonyl (C=O) groups is 1. The molecule has 0 saturated carbocycles. The topological polar surface area (TPSA) is 47.6 Å². The third-order valence-corrected chi connectivity index (χ3v) is 4.18. The average Bonchev–Trinajstić information content (AvgIpc) is 2.59. The average molecular weight is 348 g/mol. The van der Waals surface area contributed by atoms with Crippen molar-refractivity contribution >= 4 is 17.5 Å². The van der Waals surface area contributed by atoms with Crippen LogP contribution in [0.15, 0.2) is 42.5 Å². The third-order valence-electron chi connectivity index (χ3n) is 3.93. The summed E-state index contributed by atoms with van der Waals surface area (Å²) in [6.45, 7) is 4.64. The van der Waals surface area contributed by atoms with Crippen LogP contribution >= 0.6 is 11.6 Å². The number of benzene rings is 2. The van der Waals surface area contributed by atoms with Gasteiger partial charge in [-0.1, -0.05) is 37.6 Å². The molecule has 0 aliphatic carbocycles. The lowest BCUT2D eigenvalue weighted by Crippen LogP contribution is -2.36. The maximum Gasteiger partial charge on any atom is 0.251 e. The van der Waals surface area contributed by atoms with Crippen molar-refractivity contribution in [3.8, 4) is 11.5 Å². The third kappa shape index (κ3) is 4.42. The molecule has 0 aliphatic rings. The van der Waals surface area contributed by atoms with Crippen molar-refractivity contribution in [1.82, 2.24) is 5.32 Å². The highest BCUT2D eigenvalue weighted by atomic mass is 35.5. The fourth-order valence-corrected chi connectivity index (χ4v) is 2.47. The molecule has 0 atom stereocenters. The van der Waals surface area contributed by atoms with E-state index in [9.17, 15) is 4.79 Å². The van der Waals surface area contributed by atoms with E-state index in [1.807, 2.05) is 24.3 Å². The van der Waals surface area contributed by atoms with Gasteiger partial charge in [0.25, 0.3) is 5.91 Å². The summed E-state index contributed by atoms with van der Waals surface area (Å²) in [5.74, 6) is 0.988. The van der Waals surface area contributed by atoms with Gasteiger partial charge in [-0.25, -0.2) is 0 Å². The molecule has 0 fully saturated rings.